The van der Waals surface area contributed by atoms with E-state index >= 15 is 0 Å². The number of hydrogen-bond donors (Lipinski definition) is 0. The van der Waals surface area contributed by atoms with E-state index < -0.39 is 0 Å². The van der Waals surface area contributed by atoms with Gasteiger partial charge in [0.25, 0.3) is 0 Å². The Hall–Kier alpha value is -0.570. The minimum absolute atomic E-state index is 0.0116. The summed E-state index contributed by atoms with van der Waals surface area (Å²) in [5.41, 5.74) is 0. The maximum Gasteiger partial charge on any atom is 0.306 e. The van der Waals surface area contributed by atoms with Crippen molar-refractivity contribution in [2.45, 2.75) is 89.8 Å². The molecule has 0 aromatic carbocycles. The molecular formula is C19H32O3. The van der Waals surface area contributed by atoms with Gasteiger partial charge in [0.05, 0.1) is 18.8 Å². The van der Waals surface area contributed by atoms with Crippen LogP contribution in [0.4, 0.5) is 0 Å². The number of hydrogen-bond acceptors (Lipinski definition) is 3. The zero-order valence-corrected chi connectivity index (χ0v) is 14.1. The summed E-state index contributed by atoms with van der Waals surface area (Å²) in [5.74, 6) is 2.10. The molecule has 0 radical (unpaired) electrons. The Morgan fingerprint density at radius 3 is 2.55 bits per heavy atom. The van der Waals surface area contributed by atoms with Crippen LogP contribution >= 0.6 is 0 Å². The van der Waals surface area contributed by atoms with Gasteiger partial charge in [0, 0.05) is 6.42 Å². The third-order valence-electron chi connectivity index (χ3n) is 6.17. The van der Waals surface area contributed by atoms with E-state index in [1.165, 1.54) is 64.2 Å². The van der Waals surface area contributed by atoms with Crippen LogP contribution in [0.3, 0.4) is 0 Å². The fourth-order valence-corrected chi connectivity index (χ4v) is 5.16. The van der Waals surface area contributed by atoms with Crippen LogP contribution in [0.5, 0.6) is 0 Å². The highest BCUT2D eigenvalue weighted by atomic mass is 16.5. The number of ether oxygens (including phenoxy) is 2. The number of esters is 1. The minimum Gasteiger partial charge on any atom is -0.466 e. The largest absolute Gasteiger partial charge is 0.466 e. The van der Waals surface area contributed by atoms with Crippen LogP contribution in [0.2, 0.25) is 0 Å². The van der Waals surface area contributed by atoms with Crippen molar-refractivity contribution in [1.29, 1.82) is 0 Å². The van der Waals surface area contributed by atoms with Crippen LogP contribution in [0.1, 0.15) is 77.6 Å². The molecule has 4 unspecified atom stereocenters. The van der Waals surface area contributed by atoms with Crippen LogP contribution < -0.4 is 0 Å². The van der Waals surface area contributed by atoms with Gasteiger partial charge in [-0.15, -0.1) is 0 Å². The third kappa shape index (κ3) is 4.04. The van der Waals surface area contributed by atoms with Gasteiger partial charge < -0.3 is 9.47 Å². The van der Waals surface area contributed by atoms with Crippen LogP contribution in [0, 0.1) is 17.8 Å². The van der Waals surface area contributed by atoms with E-state index in [1.54, 1.807) is 0 Å². The molecule has 22 heavy (non-hydrogen) atoms. The average molecular weight is 308 g/mol. The summed E-state index contributed by atoms with van der Waals surface area (Å²) in [6.45, 7) is 2.41. The van der Waals surface area contributed by atoms with Gasteiger partial charge in [-0.2, -0.15) is 0 Å². The Labute approximate surface area is 135 Å². The molecule has 0 aromatic rings. The lowest BCUT2D eigenvalue weighted by Crippen LogP contribution is -2.38. The Balaban J connectivity index is 1.50. The van der Waals surface area contributed by atoms with Gasteiger partial charge in [0.15, 0.2) is 0 Å². The first-order chi connectivity index (χ1) is 10.8. The van der Waals surface area contributed by atoms with E-state index in [0.717, 1.165) is 11.8 Å². The fourth-order valence-electron chi connectivity index (χ4n) is 5.16. The maximum absolute atomic E-state index is 11.8. The van der Waals surface area contributed by atoms with E-state index in [4.69, 9.17) is 9.47 Å². The molecule has 3 aliphatic carbocycles. The first-order valence-corrected chi connectivity index (χ1v) is 9.57. The summed E-state index contributed by atoms with van der Waals surface area (Å²) in [4.78, 5) is 11.8. The molecule has 0 aliphatic heterocycles. The van der Waals surface area contributed by atoms with Crippen LogP contribution in [-0.2, 0) is 14.3 Å². The van der Waals surface area contributed by atoms with E-state index in [9.17, 15) is 4.79 Å². The van der Waals surface area contributed by atoms with Gasteiger partial charge in [-0.3, -0.25) is 4.79 Å². The number of carbonyl (C=O) groups excluding carboxylic acids is 1. The van der Waals surface area contributed by atoms with E-state index in [-0.39, 0.29) is 5.97 Å². The molecule has 0 N–H and O–H groups in total. The molecule has 126 valence electrons. The molecular weight excluding hydrogens is 276 g/mol. The lowest BCUT2D eigenvalue weighted by atomic mass is 9.64. The van der Waals surface area contributed by atoms with Crippen LogP contribution in [-0.4, -0.2) is 24.8 Å². The van der Waals surface area contributed by atoms with E-state index in [2.05, 4.69) is 0 Å². The summed E-state index contributed by atoms with van der Waals surface area (Å²) in [5, 5.41) is 0. The summed E-state index contributed by atoms with van der Waals surface area (Å²) >= 11 is 0. The predicted molar refractivity (Wildman–Crippen MR) is 86.6 cm³/mol. The standard InChI is InChI=1S/C19H32O3/c1-2-21-19(20)13-15-7-5-6-14-12-17(10-11-18(14)15)22-16-8-3-4-9-16/h14-18H,2-13H2,1H3. The molecule has 0 aromatic heterocycles. The molecule has 0 spiro atoms. The van der Waals surface area contributed by atoms with Crippen molar-refractivity contribution in [3.8, 4) is 0 Å². The lowest BCUT2D eigenvalue weighted by Gasteiger charge is -2.44. The Morgan fingerprint density at radius 2 is 1.77 bits per heavy atom. The second-order valence-corrected chi connectivity index (χ2v) is 7.60. The molecule has 3 aliphatic rings. The van der Waals surface area contributed by atoms with Gasteiger partial charge in [-0.25, -0.2) is 0 Å². The van der Waals surface area contributed by atoms with Crippen molar-refractivity contribution >= 4 is 5.97 Å². The maximum atomic E-state index is 11.8. The second-order valence-electron chi connectivity index (χ2n) is 7.60. The predicted octanol–water partition coefficient (Wildman–Crippen LogP) is 4.48. The van der Waals surface area contributed by atoms with E-state index in [1.807, 2.05) is 6.92 Å². The van der Waals surface area contributed by atoms with Crippen molar-refractivity contribution < 1.29 is 14.3 Å². The van der Waals surface area contributed by atoms with Crippen LogP contribution in [0.25, 0.3) is 0 Å². The van der Waals surface area contributed by atoms with Gasteiger partial charge in [-0.1, -0.05) is 25.7 Å². The highest BCUT2D eigenvalue weighted by Gasteiger charge is 2.39. The SMILES string of the molecule is CCOC(=O)CC1CCCC2CC(OC3CCCC3)CCC12. The van der Waals surface area contributed by atoms with Crippen LogP contribution in [0.15, 0.2) is 0 Å². The molecule has 0 heterocycles. The van der Waals surface area contributed by atoms with Crippen molar-refractivity contribution in [2.75, 3.05) is 6.61 Å². The molecule has 0 bridgehead atoms. The van der Waals surface area contributed by atoms with Crippen molar-refractivity contribution in [3.63, 3.8) is 0 Å². The highest BCUT2D eigenvalue weighted by Crippen LogP contribution is 2.46. The summed E-state index contributed by atoms with van der Waals surface area (Å²) in [7, 11) is 0. The molecule has 3 saturated carbocycles. The normalized spacial score (nSPS) is 36.0. The quantitative estimate of drug-likeness (QED) is 0.702. The third-order valence-corrected chi connectivity index (χ3v) is 6.17. The first-order valence-electron chi connectivity index (χ1n) is 9.57. The van der Waals surface area contributed by atoms with Gasteiger partial charge in [-0.05, 0) is 63.2 Å². The lowest BCUT2D eigenvalue weighted by molar-refractivity contribution is -0.145. The van der Waals surface area contributed by atoms with Gasteiger partial charge in [0.2, 0.25) is 0 Å². The fraction of sp³-hybridized carbons (Fsp3) is 0.947. The highest BCUT2D eigenvalue weighted by molar-refractivity contribution is 5.69. The second kappa shape index (κ2) is 7.81. The summed E-state index contributed by atoms with van der Waals surface area (Å²) in [6.07, 6.45) is 14.5. The molecule has 3 nitrogen and oxygen atoms in total. The van der Waals surface area contributed by atoms with Gasteiger partial charge in [0.1, 0.15) is 0 Å². The summed E-state index contributed by atoms with van der Waals surface area (Å²) < 4.78 is 11.5. The molecule has 3 rings (SSSR count). The zero-order chi connectivity index (χ0) is 15.4. The zero-order valence-electron chi connectivity index (χ0n) is 14.1. The van der Waals surface area contributed by atoms with Crippen molar-refractivity contribution in [3.05, 3.63) is 0 Å². The average Bonchev–Trinajstić information content (AvgIpc) is 3.00. The molecule has 3 heteroatoms. The molecule has 3 fully saturated rings. The smallest absolute Gasteiger partial charge is 0.306 e. The molecule has 4 atom stereocenters. The van der Waals surface area contributed by atoms with Crippen molar-refractivity contribution in [2.24, 2.45) is 17.8 Å². The Kier molecular flexibility index (Phi) is 5.78. The number of carbonyl (C=O) groups is 1. The molecule has 0 saturated heterocycles. The van der Waals surface area contributed by atoms with E-state index in [0.29, 0.717) is 31.2 Å². The first kappa shape index (κ1) is 16.3. The Bertz CT molecular complexity index is 362. The minimum atomic E-state index is 0.0116. The van der Waals surface area contributed by atoms with Crippen molar-refractivity contribution in [1.82, 2.24) is 0 Å². The molecule has 0 amide bonds. The monoisotopic (exact) mass is 308 g/mol. The van der Waals surface area contributed by atoms with Gasteiger partial charge >= 0.3 is 5.97 Å². The topological polar surface area (TPSA) is 35.5 Å². The number of fused-ring (bicyclic) bond motifs is 1. The summed E-state index contributed by atoms with van der Waals surface area (Å²) in [6, 6.07) is 0. The number of rotatable bonds is 5. The Morgan fingerprint density at radius 1 is 0.955 bits per heavy atom.